The van der Waals surface area contributed by atoms with E-state index in [0.29, 0.717) is 23.1 Å². The molecule has 0 saturated carbocycles. The molecule has 0 atom stereocenters. The first-order chi connectivity index (χ1) is 13.0. The van der Waals surface area contributed by atoms with Gasteiger partial charge in [0.1, 0.15) is 11.6 Å². The standard InChI is InChI=1S/C20H14F2N4O/c21-13-2-1-11-9-26-15(10-25-4-3-24-19(23)20(25)27)6-12-5-14(22)8-17(18(12)26)16(11)7-13/h1-8H,9-10H2,(H2,23,24). The van der Waals surface area contributed by atoms with Gasteiger partial charge in [-0.25, -0.2) is 13.8 Å². The third-order valence-corrected chi connectivity index (χ3v) is 5.01. The van der Waals surface area contributed by atoms with Crippen LogP contribution in [0.4, 0.5) is 14.6 Å². The first-order valence-corrected chi connectivity index (χ1v) is 8.42. The van der Waals surface area contributed by atoms with Gasteiger partial charge in [-0.1, -0.05) is 6.07 Å². The fourth-order valence-corrected chi connectivity index (χ4v) is 3.82. The number of fused-ring (bicyclic) bond motifs is 2. The summed E-state index contributed by atoms with van der Waals surface area (Å²) >= 11 is 0. The van der Waals surface area contributed by atoms with Crippen molar-refractivity contribution >= 4 is 16.7 Å². The summed E-state index contributed by atoms with van der Waals surface area (Å²) in [6.07, 6.45) is 3.04. The number of halogens is 2. The fraction of sp³-hybridized carbons (Fsp3) is 0.100. The van der Waals surface area contributed by atoms with Crippen LogP contribution in [-0.4, -0.2) is 14.1 Å². The van der Waals surface area contributed by atoms with Crippen LogP contribution >= 0.6 is 0 Å². The lowest BCUT2D eigenvalue weighted by Gasteiger charge is -2.22. The first-order valence-electron chi connectivity index (χ1n) is 8.42. The summed E-state index contributed by atoms with van der Waals surface area (Å²) in [5, 5.41) is 0.713. The minimum absolute atomic E-state index is 0.0696. The molecule has 0 fully saturated rings. The summed E-state index contributed by atoms with van der Waals surface area (Å²) in [7, 11) is 0. The van der Waals surface area contributed by atoms with E-state index in [9.17, 15) is 13.6 Å². The van der Waals surface area contributed by atoms with Gasteiger partial charge in [0.15, 0.2) is 5.82 Å². The molecule has 1 aliphatic heterocycles. The van der Waals surface area contributed by atoms with Crippen LogP contribution in [0.5, 0.6) is 0 Å². The molecule has 27 heavy (non-hydrogen) atoms. The maximum absolute atomic E-state index is 14.2. The van der Waals surface area contributed by atoms with Gasteiger partial charge in [0.25, 0.3) is 5.56 Å². The summed E-state index contributed by atoms with van der Waals surface area (Å²) < 4.78 is 31.5. The molecule has 2 N–H and O–H groups in total. The first kappa shape index (κ1) is 15.7. The van der Waals surface area contributed by atoms with Crippen LogP contribution < -0.4 is 11.3 Å². The van der Waals surface area contributed by atoms with E-state index >= 15 is 0 Å². The molecular formula is C20H14F2N4O. The van der Waals surface area contributed by atoms with E-state index in [0.717, 1.165) is 16.8 Å². The van der Waals surface area contributed by atoms with Gasteiger partial charge in [-0.2, -0.15) is 0 Å². The maximum Gasteiger partial charge on any atom is 0.293 e. The molecule has 2 aromatic carbocycles. The second kappa shape index (κ2) is 5.51. The average Bonchev–Trinajstić information content (AvgIpc) is 2.97. The van der Waals surface area contributed by atoms with Crippen LogP contribution in [0.25, 0.3) is 22.0 Å². The van der Waals surface area contributed by atoms with E-state index in [-0.39, 0.29) is 29.6 Å². The predicted octanol–water partition coefficient (Wildman–Crippen LogP) is 3.14. The minimum Gasteiger partial charge on any atom is -0.379 e. The molecule has 7 heteroatoms. The summed E-state index contributed by atoms with van der Waals surface area (Å²) in [6.45, 7) is 0.792. The smallest absolute Gasteiger partial charge is 0.293 e. The third-order valence-electron chi connectivity index (χ3n) is 5.01. The largest absolute Gasteiger partial charge is 0.379 e. The maximum atomic E-state index is 14.2. The van der Waals surface area contributed by atoms with Crippen molar-refractivity contribution < 1.29 is 8.78 Å². The van der Waals surface area contributed by atoms with Crippen LogP contribution in [-0.2, 0) is 13.1 Å². The Hall–Kier alpha value is -3.48. The molecule has 3 heterocycles. The number of aromatic nitrogens is 3. The zero-order chi connectivity index (χ0) is 18.7. The number of nitrogen functional groups attached to an aromatic ring is 1. The predicted molar refractivity (Wildman–Crippen MR) is 98.4 cm³/mol. The van der Waals surface area contributed by atoms with Gasteiger partial charge in [-0.05, 0) is 41.5 Å². The number of nitrogens with two attached hydrogens (primary N) is 1. The summed E-state index contributed by atoms with van der Waals surface area (Å²) in [5.41, 5.74) is 9.15. The number of anilines is 1. The monoisotopic (exact) mass is 364 g/mol. The normalized spacial score (nSPS) is 12.4. The van der Waals surface area contributed by atoms with Gasteiger partial charge >= 0.3 is 0 Å². The Balaban J connectivity index is 1.75. The molecule has 0 bridgehead atoms. The molecule has 0 radical (unpaired) electrons. The fourth-order valence-electron chi connectivity index (χ4n) is 3.82. The number of benzene rings is 2. The molecule has 1 aliphatic rings. The highest BCUT2D eigenvalue weighted by atomic mass is 19.1. The number of hydrogen-bond donors (Lipinski definition) is 1. The second-order valence-corrected chi connectivity index (χ2v) is 6.66. The van der Waals surface area contributed by atoms with Crippen molar-refractivity contribution in [1.82, 2.24) is 14.1 Å². The summed E-state index contributed by atoms with van der Waals surface area (Å²) in [6, 6.07) is 9.28. The molecule has 0 saturated heterocycles. The zero-order valence-electron chi connectivity index (χ0n) is 14.1. The van der Waals surface area contributed by atoms with E-state index in [1.54, 1.807) is 12.3 Å². The number of nitrogens with zero attached hydrogens (tertiary/aromatic N) is 3. The average molecular weight is 364 g/mol. The summed E-state index contributed by atoms with van der Waals surface area (Å²) in [5.74, 6) is -0.811. The van der Waals surface area contributed by atoms with Gasteiger partial charge < -0.3 is 14.9 Å². The topological polar surface area (TPSA) is 65.8 Å². The molecule has 0 amide bonds. The van der Waals surface area contributed by atoms with Gasteiger partial charge in [-0.3, -0.25) is 4.79 Å². The van der Waals surface area contributed by atoms with Crippen LogP contribution in [0, 0.1) is 11.6 Å². The van der Waals surface area contributed by atoms with Crippen LogP contribution in [0.15, 0.2) is 53.6 Å². The number of hydrogen-bond acceptors (Lipinski definition) is 3. The lowest BCUT2D eigenvalue weighted by atomic mass is 9.95. The lowest BCUT2D eigenvalue weighted by Crippen LogP contribution is -2.25. The lowest BCUT2D eigenvalue weighted by molar-refractivity contribution is 0.623. The molecule has 5 nitrogen and oxygen atoms in total. The van der Waals surface area contributed by atoms with E-state index in [1.807, 2.05) is 10.6 Å². The van der Waals surface area contributed by atoms with Crippen molar-refractivity contribution in [3.05, 3.63) is 82.0 Å². The van der Waals surface area contributed by atoms with Crippen LogP contribution in [0.2, 0.25) is 0 Å². The Bertz CT molecular complexity index is 1290. The van der Waals surface area contributed by atoms with Crippen LogP contribution in [0.3, 0.4) is 0 Å². The summed E-state index contributed by atoms with van der Waals surface area (Å²) in [4.78, 5) is 16.0. The Morgan fingerprint density at radius 3 is 2.74 bits per heavy atom. The molecule has 0 spiro atoms. The molecule has 0 unspecified atom stereocenters. The van der Waals surface area contributed by atoms with Gasteiger partial charge in [0.05, 0.1) is 12.1 Å². The van der Waals surface area contributed by atoms with Crippen molar-refractivity contribution in [2.45, 2.75) is 13.1 Å². The Kier molecular flexibility index (Phi) is 3.21. The molecule has 5 rings (SSSR count). The highest BCUT2D eigenvalue weighted by Crippen LogP contribution is 2.39. The Labute approximate surface area is 152 Å². The van der Waals surface area contributed by atoms with E-state index in [4.69, 9.17) is 5.73 Å². The van der Waals surface area contributed by atoms with E-state index < -0.39 is 0 Å². The quantitative estimate of drug-likeness (QED) is 0.523. The van der Waals surface area contributed by atoms with Gasteiger partial charge in [0.2, 0.25) is 0 Å². The minimum atomic E-state index is -0.386. The highest BCUT2D eigenvalue weighted by Gasteiger charge is 2.23. The number of rotatable bonds is 2. The Morgan fingerprint density at radius 2 is 1.89 bits per heavy atom. The molecule has 4 aromatic rings. The third kappa shape index (κ3) is 2.35. The van der Waals surface area contributed by atoms with Crippen molar-refractivity contribution in [2.75, 3.05) is 5.73 Å². The van der Waals surface area contributed by atoms with Gasteiger partial charge in [-0.15, -0.1) is 0 Å². The highest BCUT2D eigenvalue weighted by molar-refractivity contribution is 5.97. The van der Waals surface area contributed by atoms with E-state index in [2.05, 4.69) is 4.98 Å². The Morgan fingerprint density at radius 1 is 1.07 bits per heavy atom. The van der Waals surface area contributed by atoms with Gasteiger partial charge in [0, 0.05) is 35.6 Å². The van der Waals surface area contributed by atoms with Crippen LogP contribution in [0.1, 0.15) is 11.3 Å². The van der Waals surface area contributed by atoms with Crippen molar-refractivity contribution in [1.29, 1.82) is 0 Å². The second-order valence-electron chi connectivity index (χ2n) is 6.66. The molecule has 0 aliphatic carbocycles. The van der Waals surface area contributed by atoms with Crippen molar-refractivity contribution in [3.63, 3.8) is 0 Å². The van der Waals surface area contributed by atoms with Crippen molar-refractivity contribution in [3.8, 4) is 11.1 Å². The van der Waals surface area contributed by atoms with Crippen molar-refractivity contribution in [2.24, 2.45) is 0 Å². The molecule has 134 valence electrons. The molecular weight excluding hydrogens is 350 g/mol. The zero-order valence-corrected chi connectivity index (χ0v) is 14.1. The SMILES string of the molecule is Nc1nccn(Cc2cc3cc(F)cc4c3n2Cc2ccc(F)cc2-4)c1=O. The van der Waals surface area contributed by atoms with E-state index in [1.165, 1.54) is 35.0 Å². The molecule has 2 aromatic heterocycles.